The van der Waals surface area contributed by atoms with Gasteiger partial charge in [0.25, 0.3) is 0 Å². The molecule has 4 aliphatic rings. The van der Waals surface area contributed by atoms with Crippen LogP contribution in [0.3, 0.4) is 0 Å². The fourth-order valence-electron chi connectivity index (χ4n) is 3.77. The molecule has 1 fully saturated rings. The van der Waals surface area contributed by atoms with Crippen LogP contribution in [-0.2, 0) is 9.53 Å². The molecule has 0 bridgehead atoms. The van der Waals surface area contributed by atoms with E-state index in [-0.39, 0.29) is 17.2 Å². The van der Waals surface area contributed by atoms with E-state index < -0.39 is 0 Å². The molecule has 3 atom stereocenters. The first-order valence-corrected chi connectivity index (χ1v) is 10.8. The first-order chi connectivity index (χ1) is 12.3. The van der Waals surface area contributed by atoms with Crippen molar-refractivity contribution in [3.63, 3.8) is 0 Å². The Kier molecular flexibility index (Phi) is 4.14. The van der Waals surface area contributed by atoms with Gasteiger partial charge < -0.3 is 4.74 Å². The van der Waals surface area contributed by atoms with Crippen LogP contribution < -0.4 is 4.90 Å². The third-order valence-electron chi connectivity index (χ3n) is 5.11. The monoisotopic (exact) mass is 372 g/mol. The van der Waals surface area contributed by atoms with Crippen LogP contribution in [0.1, 0.15) is 25.7 Å². The Morgan fingerprint density at radius 3 is 2.84 bits per heavy atom. The van der Waals surface area contributed by atoms with E-state index in [1.165, 1.54) is 23.3 Å². The van der Waals surface area contributed by atoms with Gasteiger partial charge in [-0.05, 0) is 48.3 Å². The number of hydrogen-bond donors (Lipinski definition) is 0. The minimum absolute atomic E-state index is 0.0400. The van der Waals surface area contributed by atoms with Crippen LogP contribution in [-0.4, -0.2) is 34.9 Å². The van der Waals surface area contributed by atoms with Gasteiger partial charge in [0.15, 0.2) is 5.17 Å². The number of carbonyl (C=O) groups is 1. The van der Waals surface area contributed by atoms with Crippen molar-refractivity contribution in [2.24, 2.45) is 10.9 Å². The van der Waals surface area contributed by atoms with Crippen LogP contribution in [0.5, 0.6) is 0 Å². The van der Waals surface area contributed by atoms with Crippen molar-refractivity contribution in [3.05, 3.63) is 40.8 Å². The van der Waals surface area contributed by atoms with Gasteiger partial charge >= 0.3 is 0 Å². The number of aliphatic imine (C=N–C) groups is 1. The average molecular weight is 373 g/mol. The molecule has 1 amide bonds. The van der Waals surface area contributed by atoms with Gasteiger partial charge in [-0.15, -0.1) is 11.8 Å². The predicted octanol–water partition coefficient (Wildman–Crippen LogP) is 4.04. The highest BCUT2D eigenvalue weighted by Gasteiger charge is 2.47. The van der Waals surface area contributed by atoms with Gasteiger partial charge in [0.05, 0.1) is 24.3 Å². The van der Waals surface area contributed by atoms with Crippen molar-refractivity contribution >= 4 is 40.3 Å². The first-order valence-electron chi connectivity index (χ1n) is 8.91. The topological polar surface area (TPSA) is 45.2 Å². The maximum atomic E-state index is 13.5. The Balaban J connectivity index is 1.51. The summed E-state index contributed by atoms with van der Waals surface area (Å²) in [5.74, 6) is 0.997. The molecule has 1 saturated heterocycles. The van der Waals surface area contributed by atoms with Gasteiger partial charge in [0, 0.05) is 5.75 Å². The van der Waals surface area contributed by atoms with Gasteiger partial charge in [0.2, 0.25) is 5.91 Å². The minimum atomic E-state index is -0.0676. The quantitative estimate of drug-likeness (QED) is 0.751. The van der Waals surface area contributed by atoms with E-state index in [2.05, 4.69) is 0 Å². The normalized spacial score (nSPS) is 30.9. The summed E-state index contributed by atoms with van der Waals surface area (Å²) >= 11 is 3.49. The van der Waals surface area contributed by atoms with Crippen molar-refractivity contribution in [2.75, 3.05) is 17.3 Å². The third-order valence-corrected chi connectivity index (χ3v) is 7.57. The Labute approximate surface area is 156 Å². The zero-order valence-electron chi connectivity index (χ0n) is 13.9. The first kappa shape index (κ1) is 16.0. The SMILES string of the molecule is O=C1[C@@H]2C3=C(CCCC3)S[C@H]2N=C(SC[C@@H]2CO2)N1c1ccccc1. The molecule has 3 aliphatic heterocycles. The fourth-order valence-corrected chi connectivity index (χ4v) is 6.38. The lowest BCUT2D eigenvalue weighted by Crippen LogP contribution is -2.47. The molecule has 0 unspecified atom stereocenters. The molecule has 25 heavy (non-hydrogen) atoms. The molecular weight excluding hydrogens is 352 g/mol. The molecule has 130 valence electrons. The lowest BCUT2D eigenvalue weighted by Gasteiger charge is -2.34. The van der Waals surface area contributed by atoms with Crippen molar-refractivity contribution in [3.8, 4) is 0 Å². The molecule has 1 aliphatic carbocycles. The van der Waals surface area contributed by atoms with Crippen molar-refractivity contribution < 1.29 is 9.53 Å². The van der Waals surface area contributed by atoms with Crippen molar-refractivity contribution in [2.45, 2.75) is 37.2 Å². The number of nitrogens with zero attached hydrogens (tertiary/aromatic N) is 2. The van der Waals surface area contributed by atoms with Gasteiger partial charge in [0.1, 0.15) is 5.37 Å². The van der Waals surface area contributed by atoms with Crippen LogP contribution in [0.25, 0.3) is 0 Å². The third kappa shape index (κ3) is 2.94. The number of epoxide rings is 1. The molecular formula is C19H20N2O2S2. The Morgan fingerprint density at radius 1 is 1.24 bits per heavy atom. The number of benzene rings is 1. The molecule has 0 aromatic heterocycles. The van der Waals surface area contributed by atoms with Crippen molar-refractivity contribution in [1.29, 1.82) is 0 Å². The molecule has 0 radical (unpaired) electrons. The highest BCUT2D eigenvalue weighted by atomic mass is 32.2. The molecule has 1 aromatic rings. The molecule has 1 aromatic carbocycles. The van der Waals surface area contributed by atoms with Crippen LogP contribution >= 0.6 is 23.5 Å². The summed E-state index contributed by atoms with van der Waals surface area (Å²) in [5.41, 5.74) is 2.29. The molecule has 0 N–H and O–H groups in total. The highest BCUT2D eigenvalue weighted by Crippen LogP contribution is 2.52. The van der Waals surface area contributed by atoms with Gasteiger partial charge in [-0.3, -0.25) is 9.69 Å². The maximum absolute atomic E-state index is 13.5. The zero-order valence-corrected chi connectivity index (χ0v) is 15.5. The molecule has 4 nitrogen and oxygen atoms in total. The van der Waals surface area contributed by atoms with E-state index in [4.69, 9.17) is 9.73 Å². The van der Waals surface area contributed by atoms with E-state index in [0.717, 1.165) is 36.1 Å². The molecule has 5 rings (SSSR count). The van der Waals surface area contributed by atoms with E-state index in [1.807, 2.05) is 47.0 Å². The second-order valence-electron chi connectivity index (χ2n) is 6.83. The number of amides is 1. The fraction of sp³-hybridized carbons (Fsp3) is 0.474. The Hall–Kier alpha value is -1.24. The standard InChI is InChI=1S/C19H20N2O2S2/c22-18-16-14-8-4-5-9-15(14)25-17(16)20-19(24-11-13-10-23-13)21(18)12-6-2-1-3-7-12/h1-3,6-7,13,16-17H,4-5,8-11H2/t13-,16+,17+/m0/s1. The second-order valence-corrected chi connectivity index (χ2v) is 9.03. The van der Waals surface area contributed by atoms with Crippen molar-refractivity contribution in [1.82, 2.24) is 0 Å². The summed E-state index contributed by atoms with van der Waals surface area (Å²) in [6.45, 7) is 0.830. The molecule has 0 spiro atoms. The van der Waals surface area contributed by atoms with Crippen LogP contribution in [0, 0.1) is 5.92 Å². The summed E-state index contributed by atoms with van der Waals surface area (Å²) in [7, 11) is 0. The molecule has 0 saturated carbocycles. The minimum Gasteiger partial charge on any atom is -0.372 e. The smallest absolute Gasteiger partial charge is 0.243 e. The van der Waals surface area contributed by atoms with Gasteiger partial charge in [-0.2, -0.15) is 0 Å². The Morgan fingerprint density at radius 2 is 2.04 bits per heavy atom. The number of amidine groups is 1. The van der Waals surface area contributed by atoms with Crippen LogP contribution in [0.15, 0.2) is 45.8 Å². The van der Waals surface area contributed by atoms with E-state index in [9.17, 15) is 4.79 Å². The number of ether oxygens (including phenoxy) is 1. The lowest BCUT2D eigenvalue weighted by molar-refractivity contribution is -0.120. The number of thioether (sulfide) groups is 2. The summed E-state index contributed by atoms with van der Waals surface area (Å²) < 4.78 is 5.34. The lowest BCUT2D eigenvalue weighted by atomic mass is 9.87. The summed E-state index contributed by atoms with van der Waals surface area (Å²) in [6, 6.07) is 9.95. The van der Waals surface area contributed by atoms with Gasteiger partial charge in [-0.25, -0.2) is 4.99 Å². The second kappa shape index (κ2) is 6.49. The Bertz CT molecular complexity index is 758. The molecule has 3 heterocycles. The number of allylic oxidation sites excluding steroid dienone is 1. The number of para-hydroxylation sites is 1. The van der Waals surface area contributed by atoms with Gasteiger partial charge in [-0.1, -0.05) is 30.0 Å². The summed E-state index contributed by atoms with van der Waals surface area (Å²) in [6.07, 6.45) is 4.95. The number of carbonyl (C=O) groups excluding carboxylic acids is 1. The summed E-state index contributed by atoms with van der Waals surface area (Å²) in [5, 5.41) is 0.874. The zero-order chi connectivity index (χ0) is 16.8. The number of rotatable bonds is 3. The number of hydrogen-bond acceptors (Lipinski definition) is 5. The average Bonchev–Trinajstić information content (AvgIpc) is 3.39. The number of fused-ring (bicyclic) bond motifs is 2. The number of anilines is 1. The largest absolute Gasteiger partial charge is 0.372 e. The van der Waals surface area contributed by atoms with E-state index in [1.54, 1.807) is 11.8 Å². The molecule has 6 heteroatoms. The van der Waals surface area contributed by atoms with E-state index in [0.29, 0.717) is 6.10 Å². The predicted molar refractivity (Wildman–Crippen MR) is 104 cm³/mol. The summed E-state index contributed by atoms with van der Waals surface area (Å²) in [4.78, 5) is 21.8. The van der Waals surface area contributed by atoms with Crippen LogP contribution in [0.2, 0.25) is 0 Å². The highest BCUT2D eigenvalue weighted by molar-refractivity contribution is 8.14. The van der Waals surface area contributed by atoms with Crippen LogP contribution in [0.4, 0.5) is 5.69 Å². The maximum Gasteiger partial charge on any atom is 0.243 e. The van der Waals surface area contributed by atoms with E-state index >= 15 is 0 Å².